The number of hydrogen-bond donors (Lipinski definition) is 1. The molecule has 1 aliphatic carbocycles. The highest BCUT2D eigenvalue weighted by atomic mass is 35.5. The average Bonchev–Trinajstić information content (AvgIpc) is 3.15. The van der Waals surface area contributed by atoms with E-state index in [0.717, 1.165) is 0 Å². The number of ether oxygens (including phenoxy) is 1. The van der Waals surface area contributed by atoms with Crippen LogP contribution < -0.4 is 5.73 Å². The van der Waals surface area contributed by atoms with Crippen LogP contribution in [0.5, 0.6) is 0 Å². The Balaban J connectivity index is 2.01. The van der Waals surface area contributed by atoms with E-state index in [1.165, 1.54) is 43.5 Å². The van der Waals surface area contributed by atoms with E-state index in [9.17, 15) is 12.8 Å². The number of nitrogens with two attached hydrogens (primary N) is 1. The highest BCUT2D eigenvalue weighted by Crippen LogP contribution is 2.55. The molecule has 1 saturated carbocycles. The second kappa shape index (κ2) is 6.11. The molecule has 0 aliphatic heterocycles. The van der Waals surface area contributed by atoms with Crippen molar-refractivity contribution in [1.29, 1.82) is 0 Å². The van der Waals surface area contributed by atoms with Gasteiger partial charge in [-0.25, -0.2) is 12.8 Å². The first kappa shape index (κ1) is 17.4. The van der Waals surface area contributed by atoms with Gasteiger partial charge in [0.05, 0.1) is 22.3 Å². The summed E-state index contributed by atoms with van der Waals surface area (Å²) in [6, 6.07) is 11.7. The minimum atomic E-state index is -3.68. The molecule has 0 unspecified atom stereocenters. The Morgan fingerprint density at radius 3 is 2.29 bits per heavy atom. The Bertz CT molecular complexity index is 839. The fourth-order valence-electron chi connectivity index (χ4n) is 3.24. The molecule has 24 heavy (non-hydrogen) atoms. The van der Waals surface area contributed by atoms with Crippen LogP contribution >= 0.6 is 11.6 Å². The van der Waals surface area contributed by atoms with E-state index in [2.05, 4.69) is 0 Å². The van der Waals surface area contributed by atoms with Gasteiger partial charge in [-0.05, 0) is 42.0 Å². The minimum absolute atomic E-state index is 0.0898. The van der Waals surface area contributed by atoms with Crippen LogP contribution in [0.4, 0.5) is 4.39 Å². The maximum Gasteiger partial charge on any atom is 0.183 e. The van der Waals surface area contributed by atoms with Crippen LogP contribution in [0.2, 0.25) is 5.02 Å². The predicted octanol–water partition coefficient (Wildman–Crippen LogP) is 2.76. The van der Waals surface area contributed by atoms with Gasteiger partial charge in [0.1, 0.15) is 5.82 Å². The van der Waals surface area contributed by atoms with E-state index >= 15 is 0 Å². The molecule has 0 heterocycles. The summed E-state index contributed by atoms with van der Waals surface area (Å²) < 4.78 is 44.3. The zero-order valence-corrected chi connectivity index (χ0v) is 14.5. The molecule has 3 atom stereocenters. The van der Waals surface area contributed by atoms with Gasteiger partial charge in [0.25, 0.3) is 0 Å². The second-order valence-electron chi connectivity index (χ2n) is 5.99. The molecule has 0 saturated heterocycles. The number of benzene rings is 2. The van der Waals surface area contributed by atoms with E-state index < -0.39 is 26.5 Å². The third-order valence-corrected chi connectivity index (χ3v) is 6.96. The van der Waals surface area contributed by atoms with Gasteiger partial charge < -0.3 is 10.5 Å². The van der Waals surface area contributed by atoms with Gasteiger partial charge in [0.2, 0.25) is 0 Å². The number of sulfone groups is 1. The first-order chi connectivity index (χ1) is 11.3. The first-order valence-corrected chi connectivity index (χ1v) is 9.26. The molecule has 1 fully saturated rings. The molecule has 0 radical (unpaired) electrons. The summed E-state index contributed by atoms with van der Waals surface area (Å²) >= 11 is 5.83. The monoisotopic (exact) mass is 369 g/mol. The number of rotatable bonds is 5. The summed E-state index contributed by atoms with van der Waals surface area (Å²) in [5.41, 5.74) is 5.97. The standard InChI is InChI=1S/C17H17ClFNO3S/c1-23-10-17(20)15(11-2-6-13(19)7-3-11)16(17)24(21,22)14-8-4-12(18)5-9-14/h2-9,15-16H,10,20H2,1H3/t15-,16+,17+/m1/s1. The Labute approximate surface area is 145 Å². The molecule has 0 bridgehead atoms. The highest BCUT2D eigenvalue weighted by Gasteiger charge is 2.69. The molecule has 2 aromatic rings. The molecule has 2 aromatic carbocycles. The van der Waals surface area contributed by atoms with Crippen molar-refractivity contribution in [2.24, 2.45) is 5.73 Å². The molecular formula is C17H17ClFNO3S. The molecule has 3 rings (SSSR count). The van der Waals surface area contributed by atoms with Crippen LogP contribution in [0.1, 0.15) is 11.5 Å². The summed E-state index contributed by atoms with van der Waals surface area (Å²) in [5.74, 6) is -0.843. The number of methoxy groups -OCH3 is 1. The zero-order valence-electron chi connectivity index (χ0n) is 12.9. The molecule has 128 valence electrons. The molecule has 1 aliphatic rings. The van der Waals surface area contributed by atoms with Crippen LogP contribution in [0.25, 0.3) is 0 Å². The van der Waals surface area contributed by atoms with E-state index in [4.69, 9.17) is 22.1 Å². The lowest BCUT2D eigenvalue weighted by Crippen LogP contribution is -2.35. The van der Waals surface area contributed by atoms with Crippen LogP contribution in [-0.2, 0) is 14.6 Å². The summed E-state index contributed by atoms with van der Waals surface area (Å²) in [6.07, 6.45) is 0. The maximum atomic E-state index is 13.2. The van der Waals surface area contributed by atoms with Gasteiger partial charge in [0, 0.05) is 18.1 Å². The SMILES string of the molecule is COC[C@]1(N)[C@H](c2ccc(F)cc2)[C@@H]1S(=O)(=O)c1ccc(Cl)cc1. The fraction of sp³-hybridized carbons (Fsp3) is 0.294. The van der Waals surface area contributed by atoms with Crippen molar-refractivity contribution >= 4 is 21.4 Å². The van der Waals surface area contributed by atoms with E-state index in [0.29, 0.717) is 10.6 Å². The molecule has 0 aromatic heterocycles. The smallest absolute Gasteiger partial charge is 0.183 e. The molecule has 2 N–H and O–H groups in total. The Morgan fingerprint density at radius 1 is 1.17 bits per heavy atom. The molecule has 7 heteroatoms. The van der Waals surface area contributed by atoms with Gasteiger partial charge >= 0.3 is 0 Å². The lowest BCUT2D eigenvalue weighted by atomic mass is 10.1. The number of halogens is 2. The molecule has 0 spiro atoms. The van der Waals surface area contributed by atoms with E-state index in [-0.39, 0.29) is 17.3 Å². The summed E-state index contributed by atoms with van der Waals surface area (Å²) in [5, 5.41) is -0.382. The predicted molar refractivity (Wildman–Crippen MR) is 90.4 cm³/mol. The van der Waals surface area contributed by atoms with Crippen molar-refractivity contribution in [3.8, 4) is 0 Å². The number of hydrogen-bond acceptors (Lipinski definition) is 4. The van der Waals surface area contributed by atoms with Gasteiger partial charge in [0.15, 0.2) is 9.84 Å². The van der Waals surface area contributed by atoms with Crippen molar-refractivity contribution in [3.05, 3.63) is 64.9 Å². The Morgan fingerprint density at radius 2 is 1.75 bits per heavy atom. The summed E-state index contributed by atoms with van der Waals surface area (Å²) in [7, 11) is -2.20. The van der Waals surface area contributed by atoms with Crippen molar-refractivity contribution in [2.75, 3.05) is 13.7 Å². The van der Waals surface area contributed by atoms with Crippen LogP contribution in [0, 0.1) is 5.82 Å². The quantitative estimate of drug-likeness (QED) is 0.879. The Kier molecular flexibility index (Phi) is 4.42. The minimum Gasteiger partial charge on any atom is -0.383 e. The molecule has 4 nitrogen and oxygen atoms in total. The third-order valence-electron chi connectivity index (χ3n) is 4.40. The highest BCUT2D eigenvalue weighted by molar-refractivity contribution is 7.92. The lowest BCUT2D eigenvalue weighted by Gasteiger charge is -2.11. The van der Waals surface area contributed by atoms with E-state index in [1.54, 1.807) is 12.1 Å². The van der Waals surface area contributed by atoms with Gasteiger partial charge in [-0.1, -0.05) is 23.7 Å². The van der Waals surface area contributed by atoms with Crippen LogP contribution in [-0.4, -0.2) is 32.9 Å². The van der Waals surface area contributed by atoms with Crippen LogP contribution in [0.3, 0.4) is 0 Å². The average molecular weight is 370 g/mol. The van der Waals surface area contributed by atoms with Crippen molar-refractivity contribution in [1.82, 2.24) is 0 Å². The van der Waals surface area contributed by atoms with Crippen LogP contribution in [0.15, 0.2) is 53.4 Å². The molecule has 0 amide bonds. The van der Waals surface area contributed by atoms with E-state index in [1.807, 2.05) is 0 Å². The first-order valence-electron chi connectivity index (χ1n) is 7.33. The van der Waals surface area contributed by atoms with Gasteiger partial charge in [-0.3, -0.25) is 0 Å². The topological polar surface area (TPSA) is 69.4 Å². The molecular weight excluding hydrogens is 353 g/mol. The van der Waals surface area contributed by atoms with Gasteiger partial charge in [-0.2, -0.15) is 0 Å². The van der Waals surface area contributed by atoms with Crippen molar-refractivity contribution in [3.63, 3.8) is 0 Å². The maximum absolute atomic E-state index is 13.2. The summed E-state index contributed by atoms with van der Waals surface area (Å²) in [4.78, 5) is 0.160. The summed E-state index contributed by atoms with van der Waals surface area (Å²) in [6.45, 7) is 0.0898. The normalized spacial score (nSPS) is 26.3. The second-order valence-corrected chi connectivity index (χ2v) is 8.50. The van der Waals surface area contributed by atoms with Crippen molar-refractivity contribution < 1.29 is 17.5 Å². The fourth-order valence-corrected chi connectivity index (χ4v) is 5.66. The van der Waals surface area contributed by atoms with Gasteiger partial charge in [-0.15, -0.1) is 0 Å². The Hall–Kier alpha value is -1.47. The lowest BCUT2D eigenvalue weighted by molar-refractivity contribution is 0.171. The zero-order chi connectivity index (χ0) is 17.5. The van der Waals surface area contributed by atoms with Crippen molar-refractivity contribution in [2.45, 2.75) is 21.6 Å². The largest absolute Gasteiger partial charge is 0.383 e. The third kappa shape index (κ3) is 2.84.